The molecule has 0 spiro atoms. The standard InChI is InChI=1S/C27H23N3O7S/c31-24(28-20-12-13-38(34,35)17-20)16-36-25(32)11-10-19-15-30(21-7-2-1-3-8-21)29-26(19)22-14-18-6-4-5-9-23(18)37-27(22)33/h1-11,14-15,20H,12-13,16-17H2,(H,28,31)/b11-10+. The molecule has 1 amide bonds. The van der Waals surface area contributed by atoms with Crippen LogP contribution in [0.1, 0.15) is 12.0 Å². The van der Waals surface area contributed by atoms with Crippen LogP contribution in [0.4, 0.5) is 0 Å². The maximum atomic E-state index is 12.8. The van der Waals surface area contributed by atoms with Crippen molar-refractivity contribution in [2.45, 2.75) is 12.5 Å². The SMILES string of the molecule is O=C(COC(=O)/C=C/c1cn(-c2ccccc2)nc1-c1cc2ccccc2oc1=O)NC1CCS(=O)(=O)C1. The number of benzene rings is 2. The van der Waals surface area contributed by atoms with Gasteiger partial charge in [-0.3, -0.25) is 4.79 Å². The first-order valence-corrected chi connectivity index (χ1v) is 13.6. The first kappa shape index (κ1) is 25.2. The summed E-state index contributed by atoms with van der Waals surface area (Å²) >= 11 is 0. The Bertz CT molecular complexity index is 1710. The third kappa shape index (κ3) is 5.73. The molecule has 194 valence electrons. The van der Waals surface area contributed by atoms with Gasteiger partial charge in [-0.15, -0.1) is 0 Å². The molecule has 0 radical (unpaired) electrons. The van der Waals surface area contributed by atoms with Crippen LogP contribution >= 0.6 is 0 Å². The molecule has 11 heteroatoms. The average molecular weight is 534 g/mol. The minimum atomic E-state index is -3.14. The molecule has 3 heterocycles. The van der Waals surface area contributed by atoms with Gasteiger partial charge in [0, 0.05) is 29.3 Å². The van der Waals surface area contributed by atoms with E-state index in [0.29, 0.717) is 28.6 Å². The van der Waals surface area contributed by atoms with Crippen LogP contribution in [0.15, 0.2) is 82.1 Å². The molecule has 1 unspecified atom stereocenters. The van der Waals surface area contributed by atoms with Crippen molar-refractivity contribution in [3.63, 3.8) is 0 Å². The quantitative estimate of drug-likeness (QED) is 0.217. The van der Waals surface area contributed by atoms with Crippen LogP contribution in [0, 0.1) is 0 Å². The minimum Gasteiger partial charge on any atom is -0.452 e. The molecule has 2 aromatic heterocycles. The van der Waals surface area contributed by atoms with Gasteiger partial charge in [0.1, 0.15) is 11.3 Å². The number of hydrogen-bond acceptors (Lipinski definition) is 8. The number of para-hydroxylation sites is 2. The van der Waals surface area contributed by atoms with Crippen molar-refractivity contribution in [1.82, 2.24) is 15.1 Å². The number of hydrogen-bond donors (Lipinski definition) is 1. The van der Waals surface area contributed by atoms with E-state index >= 15 is 0 Å². The largest absolute Gasteiger partial charge is 0.452 e. The molecule has 2 aromatic carbocycles. The Balaban J connectivity index is 1.36. The fraction of sp³-hybridized carbons (Fsp3) is 0.185. The van der Waals surface area contributed by atoms with Crippen molar-refractivity contribution in [2.75, 3.05) is 18.1 Å². The van der Waals surface area contributed by atoms with Crippen LogP contribution in [0.25, 0.3) is 34.0 Å². The van der Waals surface area contributed by atoms with E-state index in [-0.39, 0.29) is 17.1 Å². The molecular formula is C27H23N3O7S. The number of sulfone groups is 1. The predicted octanol–water partition coefficient (Wildman–Crippen LogP) is 2.51. The third-order valence-corrected chi connectivity index (χ3v) is 7.77. The van der Waals surface area contributed by atoms with Gasteiger partial charge in [0.05, 0.1) is 22.8 Å². The molecule has 1 atom stereocenters. The molecule has 5 rings (SSSR count). The highest BCUT2D eigenvalue weighted by molar-refractivity contribution is 7.91. The molecule has 4 aromatic rings. The number of esters is 1. The van der Waals surface area contributed by atoms with Gasteiger partial charge in [0.25, 0.3) is 5.91 Å². The predicted molar refractivity (Wildman–Crippen MR) is 140 cm³/mol. The van der Waals surface area contributed by atoms with Crippen molar-refractivity contribution < 1.29 is 27.2 Å². The number of carbonyl (C=O) groups excluding carboxylic acids is 2. The van der Waals surface area contributed by atoms with E-state index in [1.165, 1.54) is 6.08 Å². The molecule has 1 fully saturated rings. The van der Waals surface area contributed by atoms with Gasteiger partial charge in [-0.2, -0.15) is 5.10 Å². The van der Waals surface area contributed by atoms with E-state index in [0.717, 1.165) is 11.8 Å². The Hall–Kier alpha value is -4.51. The van der Waals surface area contributed by atoms with E-state index in [4.69, 9.17) is 9.15 Å². The normalized spacial score (nSPS) is 16.6. The van der Waals surface area contributed by atoms with Crippen molar-refractivity contribution in [2.24, 2.45) is 0 Å². The lowest BCUT2D eigenvalue weighted by Gasteiger charge is -2.10. The van der Waals surface area contributed by atoms with Gasteiger partial charge < -0.3 is 14.5 Å². The summed E-state index contributed by atoms with van der Waals surface area (Å²) in [5.74, 6) is -1.47. The Morgan fingerprint density at radius 1 is 1.13 bits per heavy atom. The van der Waals surface area contributed by atoms with Crippen LogP contribution in [-0.2, 0) is 24.2 Å². The molecule has 38 heavy (non-hydrogen) atoms. The maximum Gasteiger partial charge on any atom is 0.345 e. The van der Waals surface area contributed by atoms with E-state index in [2.05, 4.69) is 10.4 Å². The first-order valence-electron chi connectivity index (χ1n) is 11.8. The van der Waals surface area contributed by atoms with Gasteiger partial charge in [0.2, 0.25) is 0 Å². The van der Waals surface area contributed by atoms with Crippen molar-refractivity contribution in [3.8, 4) is 16.9 Å². The zero-order valence-corrected chi connectivity index (χ0v) is 20.9. The Kier molecular flexibility index (Phi) is 6.93. The molecule has 1 N–H and O–H groups in total. The van der Waals surface area contributed by atoms with E-state index in [1.807, 2.05) is 42.5 Å². The van der Waals surface area contributed by atoms with Crippen molar-refractivity contribution >= 4 is 38.8 Å². The van der Waals surface area contributed by atoms with Crippen LogP contribution < -0.4 is 10.9 Å². The average Bonchev–Trinajstić information content (AvgIpc) is 3.48. The van der Waals surface area contributed by atoms with Crippen LogP contribution in [-0.4, -0.2) is 54.2 Å². The van der Waals surface area contributed by atoms with Crippen LogP contribution in [0.5, 0.6) is 0 Å². The second-order valence-electron chi connectivity index (χ2n) is 8.81. The number of carbonyl (C=O) groups is 2. The maximum absolute atomic E-state index is 12.8. The summed E-state index contributed by atoms with van der Waals surface area (Å²) in [4.78, 5) is 37.2. The fourth-order valence-electron chi connectivity index (χ4n) is 4.18. The zero-order chi connectivity index (χ0) is 26.7. The molecular weight excluding hydrogens is 510 g/mol. The number of fused-ring (bicyclic) bond motifs is 1. The topological polar surface area (TPSA) is 138 Å². The lowest BCUT2D eigenvalue weighted by atomic mass is 10.1. The van der Waals surface area contributed by atoms with E-state index < -0.39 is 40.0 Å². The van der Waals surface area contributed by atoms with E-state index in [9.17, 15) is 22.8 Å². The van der Waals surface area contributed by atoms with Gasteiger partial charge in [0.15, 0.2) is 16.4 Å². The number of nitrogens with zero attached hydrogens (tertiary/aromatic N) is 2. The summed E-state index contributed by atoms with van der Waals surface area (Å²) in [5, 5.41) is 7.85. The van der Waals surface area contributed by atoms with Crippen LogP contribution in [0.3, 0.4) is 0 Å². The molecule has 1 aliphatic rings. The summed E-state index contributed by atoms with van der Waals surface area (Å²) in [6, 6.07) is 17.5. The minimum absolute atomic E-state index is 0.0228. The van der Waals surface area contributed by atoms with Gasteiger partial charge >= 0.3 is 11.6 Å². The Morgan fingerprint density at radius 2 is 1.89 bits per heavy atom. The monoisotopic (exact) mass is 533 g/mol. The second-order valence-corrected chi connectivity index (χ2v) is 11.0. The van der Waals surface area contributed by atoms with Crippen molar-refractivity contribution in [3.05, 3.63) is 88.9 Å². The van der Waals surface area contributed by atoms with Gasteiger partial charge in [-0.1, -0.05) is 36.4 Å². The van der Waals surface area contributed by atoms with E-state index in [1.54, 1.807) is 29.1 Å². The summed E-state index contributed by atoms with van der Waals surface area (Å²) < 4.78 is 35.1. The van der Waals surface area contributed by atoms with Crippen molar-refractivity contribution in [1.29, 1.82) is 0 Å². The van der Waals surface area contributed by atoms with Crippen LogP contribution in [0.2, 0.25) is 0 Å². The molecule has 1 aliphatic heterocycles. The lowest BCUT2D eigenvalue weighted by Crippen LogP contribution is -2.38. The first-order chi connectivity index (χ1) is 18.3. The second kappa shape index (κ2) is 10.5. The summed E-state index contributed by atoms with van der Waals surface area (Å²) in [6.07, 6.45) is 4.57. The summed E-state index contributed by atoms with van der Waals surface area (Å²) in [5.41, 5.74) is 1.58. The highest BCUT2D eigenvalue weighted by atomic mass is 32.2. The Morgan fingerprint density at radius 3 is 2.66 bits per heavy atom. The molecule has 1 saturated heterocycles. The number of amides is 1. The highest BCUT2D eigenvalue weighted by Crippen LogP contribution is 2.25. The summed E-state index contributed by atoms with van der Waals surface area (Å²) in [7, 11) is -3.14. The Labute approximate surface area is 217 Å². The zero-order valence-electron chi connectivity index (χ0n) is 20.1. The highest BCUT2D eigenvalue weighted by Gasteiger charge is 2.29. The molecule has 10 nitrogen and oxygen atoms in total. The number of aromatic nitrogens is 2. The number of nitrogens with one attached hydrogen (secondary N) is 1. The lowest BCUT2D eigenvalue weighted by molar-refractivity contribution is -0.143. The van der Waals surface area contributed by atoms with Gasteiger partial charge in [-0.25, -0.2) is 22.7 Å². The van der Waals surface area contributed by atoms with Gasteiger partial charge in [-0.05, 0) is 36.8 Å². The summed E-state index contributed by atoms with van der Waals surface area (Å²) in [6.45, 7) is -0.551. The molecule has 0 saturated carbocycles. The number of rotatable bonds is 7. The fourth-order valence-corrected chi connectivity index (χ4v) is 5.85. The third-order valence-electron chi connectivity index (χ3n) is 6.00. The number of ether oxygens (including phenoxy) is 1. The molecule has 0 bridgehead atoms. The smallest absolute Gasteiger partial charge is 0.345 e. The molecule has 0 aliphatic carbocycles.